The summed E-state index contributed by atoms with van der Waals surface area (Å²) in [4.78, 5) is 24.6. The Labute approximate surface area is 132 Å². The largest absolute Gasteiger partial charge is 0.496 e. The Balaban J connectivity index is 2.19. The minimum absolute atomic E-state index is 0.283. The third-order valence-corrected chi connectivity index (χ3v) is 4.10. The molecule has 0 aliphatic carbocycles. The molecule has 0 fully saturated rings. The van der Waals surface area contributed by atoms with E-state index in [-0.39, 0.29) is 11.9 Å². The Morgan fingerprint density at radius 1 is 1.27 bits per heavy atom. The van der Waals surface area contributed by atoms with E-state index in [2.05, 4.69) is 5.32 Å². The second-order valence-corrected chi connectivity index (χ2v) is 5.55. The summed E-state index contributed by atoms with van der Waals surface area (Å²) in [6.45, 7) is 3.88. The summed E-state index contributed by atoms with van der Waals surface area (Å²) in [6, 6.07) is 8.72. The predicted octanol–water partition coefficient (Wildman–Crippen LogP) is 3.49. The first kappa shape index (κ1) is 16.0. The summed E-state index contributed by atoms with van der Waals surface area (Å²) in [5.41, 5.74) is 1.22. The third kappa shape index (κ3) is 3.46. The van der Waals surface area contributed by atoms with Crippen LogP contribution in [-0.2, 0) is 4.74 Å². The van der Waals surface area contributed by atoms with Crippen molar-refractivity contribution in [2.75, 3.05) is 19.0 Å². The summed E-state index contributed by atoms with van der Waals surface area (Å²) in [5, 5.41) is 3.38. The van der Waals surface area contributed by atoms with Crippen LogP contribution in [0.2, 0.25) is 0 Å². The van der Waals surface area contributed by atoms with Crippen molar-refractivity contribution in [2.24, 2.45) is 0 Å². The molecule has 0 spiro atoms. The van der Waals surface area contributed by atoms with Gasteiger partial charge in [0, 0.05) is 0 Å². The number of hydrogen-bond acceptors (Lipinski definition) is 5. The molecule has 0 saturated carbocycles. The number of hydrogen-bond donors (Lipinski definition) is 1. The van der Waals surface area contributed by atoms with E-state index >= 15 is 0 Å². The van der Waals surface area contributed by atoms with Crippen LogP contribution in [0.15, 0.2) is 30.3 Å². The van der Waals surface area contributed by atoms with Gasteiger partial charge in [-0.2, -0.15) is 0 Å². The predicted molar refractivity (Wildman–Crippen MR) is 86.0 cm³/mol. The number of esters is 1. The molecule has 22 heavy (non-hydrogen) atoms. The number of para-hydroxylation sites is 1. The Bertz CT molecular complexity index is 693. The normalized spacial score (nSPS) is 10.1. The van der Waals surface area contributed by atoms with Gasteiger partial charge in [0.15, 0.2) is 0 Å². The lowest BCUT2D eigenvalue weighted by atomic mass is 10.2. The first-order valence-electron chi connectivity index (χ1n) is 6.78. The summed E-state index contributed by atoms with van der Waals surface area (Å²) in [5.74, 6) is -0.157. The molecule has 6 heteroatoms. The van der Waals surface area contributed by atoms with E-state index in [0.717, 1.165) is 5.56 Å². The fourth-order valence-electron chi connectivity index (χ4n) is 1.95. The van der Waals surface area contributed by atoms with Gasteiger partial charge in [-0.3, -0.25) is 4.79 Å². The lowest BCUT2D eigenvalue weighted by molar-refractivity contribution is 0.0531. The van der Waals surface area contributed by atoms with Gasteiger partial charge in [0.25, 0.3) is 5.91 Å². The highest BCUT2D eigenvalue weighted by Crippen LogP contribution is 2.28. The fraction of sp³-hybridized carbons (Fsp3) is 0.250. The minimum Gasteiger partial charge on any atom is -0.496 e. The molecule has 0 atom stereocenters. The van der Waals surface area contributed by atoms with Crippen LogP contribution in [0.25, 0.3) is 0 Å². The smallest absolute Gasteiger partial charge is 0.348 e. The maximum Gasteiger partial charge on any atom is 0.348 e. The van der Waals surface area contributed by atoms with Gasteiger partial charge in [0.05, 0.1) is 24.3 Å². The van der Waals surface area contributed by atoms with Crippen molar-refractivity contribution in [3.8, 4) is 5.75 Å². The van der Waals surface area contributed by atoms with E-state index in [1.54, 1.807) is 37.3 Å². The number of nitrogens with one attached hydrogen (secondary N) is 1. The highest BCUT2D eigenvalue weighted by molar-refractivity contribution is 7.18. The summed E-state index contributed by atoms with van der Waals surface area (Å²) >= 11 is 1.20. The molecule has 1 amide bonds. The Morgan fingerprint density at radius 3 is 2.68 bits per heavy atom. The van der Waals surface area contributed by atoms with Gasteiger partial charge in [0.1, 0.15) is 10.6 Å². The molecule has 0 unspecified atom stereocenters. The van der Waals surface area contributed by atoms with Crippen LogP contribution in [0.5, 0.6) is 5.75 Å². The van der Waals surface area contributed by atoms with Crippen molar-refractivity contribution in [3.05, 3.63) is 46.3 Å². The van der Waals surface area contributed by atoms with E-state index in [1.165, 1.54) is 18.4 Å². The summed E-state index contributed by atoms with van der Waals surface area (Å²) in [7, 11) is 1.51. The summed E-state index contributed by atoms with van der Waals surface area (Å²) in [6.07, 6.45) is 0. The van der Waals surface area contributed by atoms with E-state index in [4.69, 9.17) is 9.47 Å². The quantitative estimate of drug-likeness (QED) is 0.857. The molecule has 1 N–H and O–H groups in total. The highest BCUT2D eigenvalue weighted by Gasteiger charge is 2.17. The Hall–Kier alpha value is -2.34. The second kappa shape index (κ2) is 7.09. The Morgan fingerprint density at radius 2 is 2.00 bits per heavy atom. The van der Waals surface area contributed by atoms with E-state index < -0.39 is 0 Å². The summed E-state index contributed by atoms with van der Waals surface area (Å²) < 4.78 is 10.2. The molecule has 116 valence electrons. The SMILES string of the molecule is CCOC(=O)c1sc(NC(=O)c2ccccc2OC)cc1C. The first-order valence-corrected chi connectivity index (χ1v) is 7.60. The number of methoxy groups -OCH3 is 1. The van der Waals surface area contributed by atoms with Crippen molar-refractivity contribution in [2.45, 2.75) is 13.8 Å². The maximum absolute atomic E-state index is 12.3. The number of benzene rings is 1. The monoisotopic (exact) mass is 319 g/mol. The van der Waals surface area contributed by atoms with Crippen molar-refractivity contribution < 1.29 is 19.1 Å². The number of aryl methyl sites for hydroxylation is 1. The minimum atomic E-state index is -0.372. The van der Waals surface area contributed by atoms with Crippen molar-refractivity contribution in [3.63, 3.8) is 0 Å². The zero-order valence-electron chi connectivity index (χ0n) is 12.6. The van der Waals surface area contributed by atoms with Gasteiger partial charge in [-0.15, -0.1) is 11.3 Å². The van der Waals surface area contributed by atoms with Crippen LogP contribution in [0.3, 0.4) is 0 Å². The average Bonchev–Trinajstić information content (AvgIpc) is 2.88. The Kier molecular flexibility index (Phi) is 5.16. The third-order valence-electron chi connectivity index (χ3n) is 2.97. The van der Waals surface area contributed by atoms with Gasteiger partial charge in [-0.1, -0.05) is 12.1 Å². The number of carbonyl (C=O) groups is 2. The second-order valence-electron chi connectivity index (χ2n) is 4.50. The molecule has 1 aromatic carbocycles. The molecule has 2 aromatic rings. The van der Waals surface area contributed by atoms with Crippen LogP contribution >= 0.6 is 11.3 Å². The van der Waals surface area contributed by atoms with Crippen LogP contribution < -0.4 is 10.1 Å². The van der Waals surface area contributed by atoms with E-state index in [9.17, 15) is 9.59 Å². The van der Waals surface area contributed by atoms with Gasteiger partial charge in [0.2, 0.25) is 0 Å². The van der Waals surface area contributed by atoms with Crippen LogP contribution in [0.4, 0.5) is 5.00 Å². The van der Waals surface area contributed by atoms with Crippen LogP contribution in [0.1, 0.15) is 32.5 Å². The highest BCUT2D eigenvalue weighted by atomic mass is 32.1. The van der Waals surface area contributed by atoms with Crippen molar-refractivity contribution in [1.82, 2.24) is 0 Å². The zero-order chi connectivity index (χ0) is 16.1. The standard InChI is InChI=1S/C16H17NO4S/c1-4-21-16(19)14-10(2)9-13(22-14)17-15(18)11-7-5-6-8-12(11)20-3/h5-9H,4H2,1-3H3,(H,17,18). The molecule has 0 bridgehead atoms. The van der Waals surface area contributed by atoms with Crippen LogP contribution in [-0.4, -0.2) is 25.6 Å². The zero-order valence-corrected chi connectivity index (χ0v) is 13.5. The molecule has 0 radical (unpaired) electrons. The number of rotatable bonds is 5. The molecule has 0 aliphatic rings. The molecule has 5 nitrogen and oxygen atoms in total. The van der Waals surface area contributed by atoms with Gasteiger partial charge in [-0.05, 0) is 37.6 Å². The number of anilines is 1. The average molecular weight is 319 g/mol. The molecule has 1 aromatic heterocycles. The number of amides is 1. The van der Waals surface area contributed by atoms with Crippen LogP contribution in [0, 0.1) is 6.92 Å². The molecular formula is C16H17NO4S. The van der Waals surface area contributed by atoms with E-state index in [1.807, 2.05) is 6.92 Å². The van der Waals surface area contributed by atoms with Gasteiger partial charge < -0.3 is 14.8 Å². The molecular weight excluding hydrogens is 302 g/mol. The number of ether oxygens (including phenoxy) is 2. The van der Waals surface area contributed by atoms with E-state index in [0.29, 0.717) is 27.8 Å². The van der Waals surface area contributed by atoms with Crippen molar-refractivity contribution >= 4 is 28.2 Å². The number of thiophene rings is 1. The van der Waals surface area contributed by atoms with Crippen molar-refractivity contribution in [1.29, 1.82) is 0 Å². The molecule has 0 aliphatic heterocycles. The van der Waals surface area contributed by atoms with Gasteiger partial charge in [-0.25, -0.2) is 4.79 Å². The lowest BCUT2D eigenvalue weighted by Crippen LogP contribution is -2.12. The first-order chi connectivity index (χ1) is 10.6. The maximum atomic E-state index is 12.3. The molecule has 1 heterocycles. The number of carbonyl (C=O) groups excluding carboxylic acids is 2. The molecule has 0 saturated heterocycles. The van der Waals surface area contributed by atoms with Gasteiger partial charge >= 0.3 is 5.97 Å². The molecule has 2 rings (SSSR count). The fourth-order valence-corrected chi connectivity index (χ4v) is 2.92. The topological polar surface area (TPSA) is 64.6 Å². The lowest BCUT2D eigenvalue weighted by Gasteiger charge is -2.07.